The summed E-state index contributed by atoms with van der Waals surface area (Å²) < 4.78 is 30.2. The maximum atomic E-state index is 11.7. The molecule has 3 N–H and O–H groups in total. The maximum absolute atomic E-state index is 11.7. The number of amides is 1. The molecule has 0 aromatic heterocycles. The van der Waals surface area contributed by atoms with Crippen molar-refractivity contribution in [2.75, 3.05) is 45.6 Å². The number of nitrogens with one attached hydrogen (secondary N) is 3. The molecule has 1 saturated heterocycles. The molecule has 0 radical (unpaired) electrons. The van der Waals surface area contributed by atoms with Gasteiger partial charge in [-0.2, -0.15) is 0 Å². The van der Waals surface area contributed by atoms with Gasteiger partial charge in [-0.15, -0.1) is 0 Å². The molecular weight excluding hydrogens is 346 g/mol. The van der Waals surface area contributed by atoms with Crippen LogP contribution < -0.4 is 15.4 Å². The van der Waals surface area contributed by atoms with Gasteiger partial charge in [-0.1, -0.05) is 0 Å². The summed E-state index contributed by atoms with van der Waals surface area (Å²) in [7, 11) is -1.43. The summed E-state index contributed by atoms with van der Waals surface area (Å²) in [6, 6.07) is 0.246. The first-order valence-corrected chi connectivity index (χ1v) is 10.4. The number of piperidine rings is 1. The number of hydrogen-bond acceptors (Lipinski definition) is 5. The molecule has 10 heteroatoms. The summed E-state index contributed by atoms with van der Waals surface area (Å²) in [5.74, 6) is 0.779. The predicted octanol–water partition coefficient (Wildman–Crippen LogP) is 0.102. The van der Waals surface area contributed by atoms with Gasteiger partial charge in [0, 0.05) is 39.3 Å². The lowest BCUT2D eigenvalue weighted by molar-refractivity contribution is 0.0963. The molecule has 1 heterocycles. The average Bonchev–Trinajstić information content (AvgIpc) is 2.61. The van der Waals surface area contributed by atoms with E-state index in [9.17, 15) is 13.2 Å². The Morgan fingerprint density at radius 2 is 1.92 bits per heavy atom. The molecule has 9 nitrogen and oxygen atoms in total. The van der Waals surface area contributed by atoms with E-state index in [1.54, 1.807) is 25.8 Å². The van der Waals surface area contributed by atoms with Crippen LogP contribution in [0.4, 0.5) is 4.79 Å². The third-order valence-corrected chi connectivity index (χ3v) is 5.34. The molecule has 1 aliphatic rings. The number of hydrogen-bond donors (Lipinski definition) is 3. The van der Waals surface area contributed by atoms with Gasteiger partial charge < -0.3 is 20.3 Å². The van der Waals surface area contributed by atoms with Crippen molar-refractivity contribution in [1.82, 2.24) is 20.3 Å². The lowest BCUT2D eigenvalue weighted by Gasteiger charge is -2.32. The highest BCUT2D eigenvalue weighted by Gasteiger charge is 2.23. The fraction of sp³-hybridized carbons (Fsp3) is 0.867. The first kappa shape index (κ1) is 21.5. The topological polar surface area (TPSA) is 112 Å². The Hall–Kier alpha value is -1.55. The summed E-state index contributed by atoms with van der Waals surface area (Å²) in [4.78, 5) is 17.6. The third kappa shape index (κ3) is 8.39. The third-order valence-electron chi connectivity index (χ3n) is 3.93. The Balaban J connectivity index is 2.23. The van der Waals surface area contributed by atoms with Crippen LogP contribution in [0.25, 0.3) is 0 Å². The van der Waals surface area contributed by atoms with Crippen LogP contribution in [0.15, 0.2) is 4.99 Å². The standard InChI is InChI=1S/C15H31N5O4S/c1-4-24-15(21)20-11-7-13(8-12-20)19-14(16-3)17-9-6-10-18-25(22,23)5-2/h13,18H,4-12H2,1-3H3,(H2,16,17,19). The number of guanidine groups is 1. The minimum atomic E-state index is -3.13. The molecule has 146 valence electrons. The minimum absolute atomic E-state index is 0.0914. The van der Waals surface area contributed by atoms with E-state index in [1.807, 2.05) is 0 Å². The minimum Gasteiger partial charge on any atom is -0.450 e. The quantitative estimate of drug-likeness (QED) is 0.314. The van der Waals surface area contributed by atoms with Crippen LogP contribution in [0, 0.1) is 0 Å². The van der Waals surface area contributed by atoms with E-state index in [0.717, 1.165) is 12.8 Å². The molecule has 1 rings (SSSR count). The van der Waals surface area contributed by atoms with Gasteiger partial charge in [-0.3, -0.25) is 4.99 Å². The van der Waals surface area contributed by atoms with Crippen molar-refractivity contribution in [2.45, 2.75) is 39.2 Å². The van der Waals surface area contributed by atoms with Crippen molar-refractivity contribution in [2.24, 2.45) is 4.99 Å². The van der Waals surface area contributed by atoms with Gasteiger partial charge in [0.25, 0.3) is 0 Å². The van der Waals surface area contributed by atoms with Crippen LogP contribution in [0.3, 0.4) is 0 Å². The highest BCUT2D eigenvalue weighted by Crippen LogP contribution is 2.11. The number of carbonyl (C=O) groups is 1. The van der Waals surface area contributed by atoms with Gasteiger partial charge in [0.1, 0.15) is 0 Å². The summed E-state index contributed by atoms with van der Waals surface area (Å²) in [5.41, 5.74) is 0. The van der Waals surface area contributed by atoms with E-state index in [2.05, 4.69) is 20.3 Å². The number of carbonyl (C=O) groups excluding carboxylic acids is 1. The van der Waals surface area contributed by atoms with Crippen LogP contribution in [-0.2, 0) is 14.8 Å². The van der Waals surface area contributed by atoms with Crippen LogP contribution in [0.1, 0.15) is 33.1 Å². The fourth-order valence-corrected chi connectivity index (χ4v) is 3.09. The second kappa shape index (κ2) is 11.1. The lowest BCUT2D eigenvalue weighted by atomic mass is 10.1. The molecule has 1 aliphatic heterocycles. The van der Waals surface area contributed by atoms with Gasteiger partial charge in [0.15, 0.2) is 5.96 Å². The van der Waals surface area contributed by atoms with Crippen molar-refractivity contribution in [3.8, 4) is 0 Å². The number of ether oxygens (including phenoxy) is 1. The number of nitrogens with zero attached hydrogens (tertiary/aromatic N) is 2. The van der Waals surface area contributed by atoms with E-state index in [4.69, 9.17) is 4.74 Å². The fourth-order valence-electron chi connectivity index (χ4n) is 2.43. The SMILES string of the molecule is CCOC(=O)N1CCC(NC(=NC)NCCCNS(=O)(=O)CC)CC1. The van der Waals surface area contributed by atoms with Gasteiger partial charge in [-0.05, 0) is 33.1 Å². The second-order valence-corrected chi connectivity index (χ2v) is 7.85. The summed E-state index contributed by atoms with van der Waals surface area (Å²) in [6.07, 6.45) is 2.07. The van der Waals surface area contributed by atoms with Gasteiger partial charge in [0.2, 0.25) is 10.0 Å². The van der Waals surface area contributed by atoms with Crippen molar-refractivity contribution in [1.29, 1.82) is 0 Å². The predicted molar refractivity (Wildman–Crippen MR) is 98.2 cm³/mol. The number of likely N-dealkylation sites (tertiary alicyclic amines) is 1. The largest absolute Gasteiger partial charge is 0.450 e. The van der Waals surface area contributed by atoms with Crippen LogP contribution in [-0.4, -0.2) is 77.0 Å². The number of rotatable bonds is 8. The zero-order valence-corrected chi connectivity index (χ0v) is 16.2. The van der Waals surface area contributed by atoms with Crippen molar-refractivity contribution < 1.29 is 17.9 Å². The molecule has 0 aromatic rings. The molecule has 0 aliphatic carbocycles. The molecule has 0 unspecified atom stereocenters. The first-order chi connectivity index (χ1) is 11.9. The number of sulfonamides is 1. The van der Waals surface area contributed by atoms with E-state index >= 15 is 0 Å². The number of aliphatic imine (C=N–C) groups is 1. The normalized spacial score (nSPS) is 16.6. The first-order valence-electron chi connectivity index (χ1n) is 8.78. The zero-order chi connectivity index (χ0) is 18.7. The van der Waals surface area contributed by atoms with E-state index < -0.39 is 10.0 Å². The Bertz CT molecular complexity index is 530. The summed E-state index contributed by atoms with van der Waals surface area (Å²) in [5, 5.41) is 6.51. The van der Waals surface area contributed by atoms with Crippen LogP contribution in [0.5, 0.6) is 0 Å². The molecule has 25 heavy (non-hydrogen) atoms. The molecule has 0 aromatic carbocycles. The van der Waals surface area contributed by atoms with E-state index in [0.29, 0.717) is 45.2 Å². The lowest BCUT2D eigenvalue weighted by Crippen LogP contribution is -2.50. The van der Waals surface area contributed by atoms with Gasteiger partial charge >= 0.3 is 6.09 Å². The molecule has 0 atom stereocenters. The van der Waals surface area contributed by atoms with Crippen LogP contribution in [0.2, 0.25) is 0 Å². The Morgan fingerprint density at radius 1 is 1.24 bits per heavy atom. The monoisotopic (exact) mass is 377 g/mol. The summed E-state index contributed by atoms with van der Waals surface area (Å²) in [6.45, 7) is 6.14. The molecule has 0 spiro atoms. The highest BCUT2D eigenvalue weighted by atomic mass is 32.2. The van der Waals surface area contributed by atoms with Crippen LogP contribution >= 0.6 is 0 Å². The van der Waals surface area contributed by atoms with Gasteiger partial charge in [-0.25, -0.2) is 17.9 Å². The Morgan fingerprint density at radius 3 is 2.48 bits per heavy atom. The van der Waals surface area contributed by atoms with E-state index in [-0.39, 0.29) is 17.9 Å². The second-order valence-electron chi connectivity index (χ2n) is 5.75. The molecular formula is C15H31N5O4S. The molecule has 1 fully saturated rings. The summed E-state index contributed by atoms with van der Waals surface area (Å²) >= 11 is 0. The van der Waals surface area contributed by atoms with Gasteiger partial charge in [0.05, 0.1) is 12.4 Å². The van der Waals surface area contributed by atoms with Crippen molar-refractivity contribution in [3.63, 3.8) is 0 Å². The van der Waals surface area contributed by atoms with Crippen molar-refractivity contribution >= 4 is 22.1 Å². The average molecular weight is 378 g/mol. The smallest absolute Gasteiger partial charge is 0.409 e. The Labute approximate surface area is 150 Å². The maximum Gasteiger partial charge on any atom is 0.409 e. The highest BCUT2D eigenvalue weighted by molar-refractivity contribution is 7.89. The molecule has 0 saturated carbocycles. The molecule has 1 amide bonds. The Kier molecular flexibility index (Phi) is 9.58. The zero-order valence-electron chi connectivity index (χ0n) is 15.4. The van der Waals surface area contributed by atoms with E-state index in [1.165, 1.54) is 0 Å². The molecule has 0 bridgehead atoms. The van der Waals surface area contributed by atoms with Crippen molar-refractivity contribution in [3.05, 3.63) is 0 Å².